The molecule has 0 amide bonds. The minimum Gasteiger partial charge on any atom is -0.378 e. The van der Waals surface area contributed by atoms with Crippen LogP contribution in [0.15, 0.2) is 0 Å². The lowest BCUT2D eigenvalue weighted by Gasteiger charge is -2.30. The first kappa shape index (κ1) is 20.2. The zero-order valence-electron chi connectivity index (χ0n) is 13.2. The third-order valence-electron chi connectivity index (χ3n) is 2.45. The molecule has 0 aliphatic heterocycles. The predicted molar refractivity (Wildman–Crippen MR) is 79.0 cm³/mol. The first-order chi connectivity index (χ1) is 8.59. The van der Waals surface area contributed by atoms with Crippen molar-refractivity contribution in [3.8, 4) is 0 Å². The van der Waals surface area contributed by atoms with Gasteiger partial charge >= 0.3 is 0 Å². The Kier molecular flexibility index (Phi) is 16.7. The van der Waals surface area contributed by atoms with Crippen molar-refractivity contribution < 1.29 is 9.47 Å². The van der Waals surface area contributed by atoms with Gasteiger partial charge in [0.15, 0.2) is 0 Å². The number of nitrogens with two attached hydrogens (primary N) is 1. The van der Waals surface area contributed by atoms with Crippen molar-refractivity contribution in [2.24, 2.45) is 5.73 Å². The van der Waals surface area contributed by atoms with Crippen LogP contribution in [0.1, 0.15) is 41.5 Å². The first-order valence-electron chi connectivity index (χ1n) is 7.20. The monoisotopic (exact) mass is 262 g/mol. The maximum absolute atomic E-state index is 5.50. The van der Waals surface area contributed by atoms with E-state index in [-0.39, 0.29) is 0 Å². The number of nitrogens with zero attached hydrogens (tertiary/aromatic N) is 1. The van der Waals surface area contributed by atoms with Gasteiger partial charge in [-0.3, -0.25) is 4.90 Å². The third-order valence-corrected chi connectivity index (χ3v) is 2.45. The van der Waals surface area contributed by atoms with E-state index in [2.05, 4.69) is 32.6 Å². The van der Waals surface area contributed by atoms with Gasteiger partial charge < -0.3 is 15.2 Å². The van der Waals surface area contributed by atoms with Crippen molar-refractivity contribution >= 4 is 0 Å². The van der Waals surface area contributed by atoms with E-state index in [1.54, 1.807) is 0 Å². The summed E-state index contributed by atoms with van der Waals surface area (Å²) in [7, 11) is 0. The molecule has 112 valence electrons. The minimum absolute atomic E-state index is 0.567. The maximum Gasteiger partial charge on any atom is 0.0701 e. The highest BCUT2D eigenvalue weighted by Gasteiger charge is 2.12. The van der Waals surface area contributed by atoms with Gasteiger partial charge in [-0.15, -0.1) is 0 Å². The molecular formula is C14H34N2O2. The first-order valence-corrected chi connectivity index (χ1v) is 7.20. The molecule has 0 rings (SSSR count). The largest absolute Gasteiger partial charge is 0.378 e. The van der Waals surface area contributed by atoms with Crippen molar-refractivity contribution in [1.29, 1.82) is 0 Å². The Balaban J connectivity index is 0. The Labute approximate surface area is 114 Å². The molecule has 0 saturated carbocycles. The van der Waals surface area contributed by atoms with Crippen LogP contribution < -0.4 is 5.73 Å². The fraction of sp³-hybridized carbons (Fsp3) is 1.00. The van der Waals surface area contributed by atoms with Gasteiger partial charge in [-0.1, -0.05) is 13.8 Å². The van der Waals surface area contributed by atoms with Crippen LogP contribution in [0.25, 0.3) is 0 Å². The lowest BCUT2D eigenvalue weighted by atomic mass is 10.2. The van der Waals surface area contributed by atoms with E-state index in [0.717, 1.165) is 13.2 Å². The Morgan fingerprint density at radius 3 is 1.67 bits per heavy atom. The van der Waals surface area contributed by atoms with E-state index in [0.29, 0.717) is 38.4 Å². The molecule has 18 heavy (non-hydrogen) atoms. The van der Waals surface area contributed by atoms with Gasteiger partial charge in [-0.2, -0.15) is 0 Å². The second-order valence-corrected chi connectivity index (χ2v) is 4.44. The van der Waals surface area contributed by atoms with Gasteiger partial charge in [0.2, 0.25) is 0 Å². The van der Waals surface area contributed by atoms with E-state index in [4.69, 9.17) is 15.2 Å². The van der Waals surface area contributed by atoms with Crippen molar-refractivity contribution in [2.45, 2.75) is 53.6 Å². The molecule has 0 aromatic carbocycles. The molecule has 0 spiro atoms. The Morgan fingerprint density at radius 2 is 1.28 bits per heavy atom. The van der Waals surface area contributed by atoms with Gasteiger partial charge in [0.25, 0.3) is 0 Å². The number of hydrogen-bond acceptors (Lipinski definition) is 4. The van der Waals surface area contributed by atoms with Crippen molar-refractivity contribution in [3.05, 3.63) is 0 Å². The third kappa shape index (κ3) is 12.3. The Morgan fingerprint density at radius 1 is 0.833 bits per heavy atom. The second kappa shape index (κ2) is 14.9. The highest BCUT2D eigenvalue weighted by Crippen LogP contribution is 2.03. The lowest BCUT2D eigenvalue weighted by molar-refractivity contribution is 0.0326. The fourth-order valence-electron chi connectivity index (χ4n) is 1.69. The van der Waals surface area contributed by atoms with Crippen molar-refractivity contribution in [3.63, 3.8) is 0 Å². The molecule has 0 bridgehead atoms. The van der Waals surface area contributed by atoms with E-state index in [1.165, 1.54) is 0 Å². The molecule has 4 heteroatoms. The van der Waals surface area contributed by atoms with Crippen LogP contribution in [0.5, 0.6) is 0 Å². The molecule has 0 heterocycles. The van der Waals surface area contributed by atoms with E-state index in [1.807, 2.05) is 13.8 Å². The van der Waals surface area contributed by atoms with Crippen LogP contribution in [0.4, 0.5) is 0 Å². The summed E-state index contributed by atoms with van der Waals surface area (Å²) >= 11 is 0. The summed E-state index contributed by atoms with van der Waals surface area (Å²) in [6.45, 7) is 17.1. The number of rotatable bonds is 10. The quantitative estimate of drug-likeness (QED) is 0.613. The Bertz CT molecular complexity index is 145. The fourth-order valence-corrected chi connectivity index (χ4v) is 1.69. The SMILES string of the molecule is CC.CC(C)N(CCOCCOCCN)C(C)C. The van der Waals surface area contributed by atoms with Gasteiger partial charge in [0.1, 0.15) is 0 Å². The summed E-state index contributed by atoms with van der Waals surface area (Å²) in [5.41, 5.74) is 5.30. The summed E-state index contributed by atoms with van der Waals surface area (Å²) < 4.78 is 10.7. The average Bonchev–Trinajstić information content (AvgIpc) is 2.34. The van der Waals surface area contributed by atoms with Gasteiger partial charge in [0.05, 0.1) is 26.4 Å². The topological polar surface area (TPSA) is 47.7 Å². The van der Waals surface area contributed by atoms with Gasteiger partial charge in [-0.05, 0) is 27.7 Å². The smallest absolute Gasteiger partial charge is 0.0701 e. The zero-order chi connectivity index (χ0) is 14.4. The summed E-state index contributed by atoms with van der Waals surface area (Å²) in [4.78, 5) is 2.42. The molecule has 0 aliphatic rings. The predicted octanol–water partition coefficient (Wildman–Crippen LogP) is 2.12. The van der Waals surface area contributed by atoms with E-state index >= 15 is 0 Å². The molecule has 2 N–H and O–H groups in total. The summed E-state index contributed by atoms with van der Waals surface area (Å²) in [6, 6.07) is 1.13. The zero-order valence-corrected chi connectivity index (χ0v) is 13.2. The molecule has 0 unspecified atom stereocenters. The highest BCUT2D eigenvalue weighted by molar-refractivity contribution is 4.66. The standard InChI is InChI=1S/C12H28N2O2.C2H6/c1-11(2)14(12(3)4)6-8-16-10-9-15-7-5-13;1-2/h11-12H,5-10,13H2,1-4H3;1-2H3. The van der Waals surface area contributed by atoms with Crippen LogP contribution in [-0.4, -0.2) is 56.5 Å². The molecule has 0 aliphatic carbocycles. The van der Waals surface area contributed by atoms with Crippen LogP contribution in [-0.2, 0) is 9.47 Å². The molecule has 0 fully saturated rings. The molecule has 0 saturated heterocycles. The van der Waals surface area contributed by atoms with Crippen molar-refractivity contribution in [2.75, 3.05) is 39.5 Å². The van der Waals surface area contributed by atoms with Crippen molar-refractivity contribution in [1.82, 2.24) is 4.90 Å². The summed E-state index contributed by atoms with van der Waals surface area (Å²) in [5, 5.41) is 0. The molecular weight excluding hydrogens is 228 g/mol. The number of hydrogen-bond donors (Lipinski definition) is 1. The molecule has 0 aromatic heterocycles. The molecule has 4 nitrogen and oxygen atoms in total. The number of ether oxygens (including phenoxy) is 2. The van der Waals surface area contributed by atoms with Crippen LogP contribution in [0, 0.1) is 0 Å². The van der Waals surface area contributed by atoms with Gasteiger partial charge in [0, 0.05) is 25.2 Å². The minimum atomic E-state index is 0.567. The molecule has 0 aromatic rings. The average molecular weight is 262 g/mol. The van der Waals surface area contributed by atoms with Crippen LogP contribution in [0.3, 0.4) is 0 Å². The van der Waals surface area contributed by atoms with Crippen LogP contribution >= 0.6 is 0 Å². The maximum atomic E-state index is 5.50. The lowest BCUT2D eigenvalue weighted by Crippen LogP contribution is -2.39. The summed E-state index contributed by atoms with van der Waals surface area (Å²) in [6.07, 6.45) is 0. The van der Waals surface area contributed by atoms with Gasteiger partial charge in [-0.25, -0.2) is 0 Å². The second-order valence-electron chi connectivity index (χ2n) is 4.44. The summed E-state index contributed by atoms with van der Waals surface area (Å²) in [5.74, 6) is 0. The van der Waals surface area contributed by atoms with E-state index < -0.39 is 0 Å². The normalized spacial score (nSPS) is 11.0. The highest BCUT2D eigenvalue weighted by atomic mass is 16.5. The molecule has 0 atom stereocenters. The van der Waals surface area contributed by atoms with E-state index in [9.17, 15) is 0 Å². The molecule has 0 radical (unpaired) electrons. The Hall–Kier alpha value is -0.160. The van der Waals surface area contributed by atoms with Crippen LogP contribution in [0.2, 0.25) is 0 Å².